The summed E-state index contributed by atoms with van der Waals surface area (Å²) in [5.74, 6) is 0.654. The second kappa shape index (κ2) is 13.9. The molecule has 4 rings (SSSR count). The van der Waals surface area contributed by atoms with Gasteiger partial charge < -0.3 is 9.47 Å². The molecule has 0 aliphatic heterocycles. The van der Waals surface area contributed by atoms with E-state index in [1.54, 1.807) is 24.3 Å². The highest BCUT2D eigenvalue weighted by Gasteiger charge is 2.07. The first-order valence-corrected chi connectivity index (χ1v) is 13.0. The van der Waals surface area contributed by atoms with Crippen molar-refractivity contribution in [3.8, 4) is 39.8 Å². The molecule has 0 aliphatic carbocycles. The van der Waals surface area contributed by atoms with E-state index >= 15 is 0 Å². The topological polar surface area (TPSA) is 42.2 Å². The van der Waals surface area contributed by atoms with Crippen LogP contribution in [0.15, 0.2) is 91.0 Å². The van der Waals surface area contributed by atoms with Crippen LogP contribution in [0, 0.1) is 23.0 Å². The maximum atomic E-state index is 14.4. The van der Waals surface area contributed by atoms with Crippen molar-refractivity contribution >= 4 is 0 Å². The van der Waals surface area contributed by atoms with Crippen LogP contribution in [0.3, 0.4) is 0 Å². The van der Waals surface area contributed by atoms with Crippen LogP contribution in [-0.4, -0.2) is 13.2 Å². The molecule has 0 atom stereocenters. The molecule has 0 radical (unpaired) electrons. The lowest BCUT2D eigenvalue weighted by molar-refractivity contribution is 0.296. The Bertz CT molecular complexity index is 1330. The Balaban J connectivity index is 1.05. The summed E-state index contributed by atoms with van der Waals surface area (Å²) < 4.78 is 39.1. The molecule has 0 heterocycles. The van der Waals surface area contributed by atoms with Gasteiger partial charge in [0, 0.05) is 11.6 Å². The van der Waals surface area contributed by atoms with Gasteiger partial charge in [-0.15, -0.1) is 0 Å². The number of halogens is 2. The Morgan fingerprint density at radius 3 is 1.63 bits per heavy atom. The molecule has 38 heavy (non-hydrogen) atoms. The monoisotopic (exact) mass is 511 g/mol. The maximum absolute atomic E-state index is 14.4. The molecule has 4 aromatic carbocycles. The Kier molecular flexibility index (Phi) is 9.87. The fraction of sp³-hybridized carbons (Fsp3) is 0.242. The number of ether oxygens (including phenoxy) is 2. The third-order valence-corrected chi connectivity index (χ3v) is 6.37. The Morgan fingerprint density at radius 1 is 0.553 bits per heavy atom. The van der Waals surface area contributed by atoms with E-state index in [1.165, 1.54) is 18.2 Å². The summed E-state index contributed by atoms with van der Waals surface area (Å²) in [6.45, 7) is 1.25. The van der Waals surface area contributed by atoms with Gasteiger partial charge in [0.15, 0.2) is 0 Å². The van der Waals surface area contributed by atoms with E-state index in [1.807, 2.05) is 48.5 Å². The first-order chi connectivity index (χ1) is 18.6. The van der Waals surface area contributed by atoms with Gasteiger partial charge in [0.2, 0.25) is 0 Å². The number of benzene rings is 4. The minimum absolute atomic E-state index is 0.342. The zero-order valence-electron chi connectivity index (χ0n) is 21.3. The molecule has 3 nitrogen and oxygen atoms in total. The third-order valence-electron chi connectivity index (χ3n) is 6.37. The van der Waals surface area contributed by atoms with Crippen LogP contribution in [0.1, 0.15) is 44.1 Å². The molecular formula is C33H31F2NO2. The van der Waals surface area contributed by atoms with E-state index in [4.69, 9.17) is 14.7 Å². The summed E-state index contributed by atoms with van der Waals surface area (Å²) in [5.41, 5.74) is 3.90. The average molecular weight is 512 g/mol. The first kappa shape index (κ1) is 26.9. The van der Waals surface area contributed by atoms with Crippen LogP contribution in [0.25, 0.3) is 22.3 Å². The highest BCUT2D eigenvalue weighted by atomic mass is 19.1. The zero-order valence-corrected chi connectivity index (χ0v) is 21.3. The highest BCUT2D eigenvalue weighted by Crippen LogP contribution is 2.27. The highest BCUT2D eigenvalue weighted by molar-refractivity contribution is 5.65. The number of nitriles is 1. The third kappa shape index (κ3) is 7.91. The lowest BCUT2D eigenvalue weighted by atomic mass is 10.0. The Morgan fingerprint density at radius 2 is 1.05 bits per heavy atom. The van der Waals surface area contributed by atoms with Crippen molar-refractivity contribution in [1.82, 2.24) is 0 Å². The predicted molar refractivity (Wildman–Crippen MR) is 147 cm³/mol. The quantitative estimate of drug-likeness (QED) is 0.168. The van der Waals surface area contributed by atoms with Crippen molar-refractivity contribution in [1.29, 1.82) is 5.26 Å². The van der Waals surface area contributed by atoms with Gasteiger partial charge in [0.25, 0.3) is 0 Å². The van der Waals surface area contributed by atoms with Gasteiger partial charge in [-0.3, -0.25) is 0 Å². The van der Waals surface area contributed by atoms with Crippen molar-refractivity contribution in [2.24, 2.45) is 0 Å². The maximum Gasteiger partial charge on any atom is 0.134 e. The SMILES string of the molecule is N#Cc1ccc(-c2ccc(OCCCCCCCCOc3ccc(-c4ccc(F)cc4)c(F)c3)cc2)cc1. The second-order valence-corrected chi connectivity index (χ2v) is 9.18. The second-order valence-electron chi connectivity index (χ2n) is 9.18. The molecule has 0 unspecified atom stereocenters. The molecule has 0 saturated carbocycles. The summed E-state index contributed by atoms with van der Waals surface area (Å²) in [6.07, 6.45) is 6.37. The smallest absolute Gasteiger partial charge is 0.134 e. The van der Waals surface area contributed by atoms with Crippen LogP contribution in [0.2, 0.25) is 0 Å². The van der Waals surface area contributed by atoms with Crippen molar-refractivity contribution in [3.05, 3.63) is 108 Å². The molecular weight excluding hydrogens is 480 g/mol. The fourth-order valence-electron chi connectivity index (χ4n) is 4.22. The number of unbranched alkanes of at least 4 members (excludes halogenated alkanes) is 5. The van der Waals surface area contributed by atoms with Crippen LogP contribution >= 0.6 is 0 Å². The minimum atomic E-state index is -0.376. The normalized spacial score (nSPS) is 10.7. The number of hydrogen-bond donors (Lipinski definition) is 0. The van der Waals surface area contributed by atoms with E-state index in [9.17, 15) is 8.78 Å². The summed E-state index contributed by atoms with van der Waals surface area (Å²) in [5, 5.41) is 8.92. The summed E-state index contributed by atoms with van der Waals surface area (Å²) in [7, 11) is 0. The van der Waals surface area contributed by atoms with Gasteiger partial charge in [-0.25, -0.2) is 8.78 Å². The van der Waals surface area contributed by atoms with E-state index in [0.29, 0.717) is 35.7 Å². The number of hydrogen-bond acceptors (Lipinski definition) is 3. The molecule has 4 aromatic rings. The summed E-state index contributed by atoms with van der Waals surface area (Å²) in [6, 6.07) is 28.3. The first-order valence-electron chi connectivity index (χ1n) is 13.0. The average Bonchev–Trinajstić information content (AvgIpc) is 2.95. The Hall–Kier alpha value is -4.17. The summed E-state index contributed by atoms with van der Waals surface area (Å²) in [4.78, 5) is 0. The van der Waals surface area contributed by atoms with Gasteiger partial charge in [-0.2, -0.15) is 5.26 Å². The molecule has 0 fully saturated rings. The molecule has 0 aliphatic rings. The van der Waals surface area contributed by atoms with Crippen molar-refractivity contribution < 1.29 is 18.3 Å². The molecule has 194 valence electrons. The fourth-order valence-corrected chi connectivity index (χ4v) is 4.22. The minimum Gasteiger partial charge on any atom is -0.494 e. The van der Waals surface area contributed by atoms with Crippen molar-refractivity contribution in [3.63, 3.8) is 0 Å². The van der Waals surface area contributed by atoms with Crippen LogP contribution < -0.4 is 9.47 Å². The van der Waals surface area contributed by atoms with Gasteiger partial charge in [-0.1, -0.05) is 62.1 Å². The van der Waals surface area contributed by atoms with Gasteiger partial charge in [0.1, 0.15) is 23.1 Å². The number of rotatable bonds is 13. The van der Waals surface area contributed by atoms with E-state index in [0.717, 1.165) is 55.4 Å². The number of nitrogens with zero attached hydrogens (tertiary/aromatic N) is 1. The van der Waals surface area contributed by atoms with Gasteiger partial charge in [0.05, 0.1) is 24.8 Å². The standard InChI is InChI=1S/C33H31F2NO2/c34-29-15-11-28(12-16-29)32-20-19-31(23-33(32)35)38-22-6-4-2-1-3-5-21-37-30-17-13-27(14-18-30)26-9-7-25(24-36)8-10-26/h7-20,23H,1-6,21-22H2. The zero-order chi connectivity index (χ0) is 26.6. The molecule has 5 heteroatoms. The van der Waals surface area contributed by atoms with E-state index in [2.05, 4.69) is 6.07 Å². The van der Waals surface area contributed by atoms with Gasteiger partial charge >= 0.3 is 0 Å². The molecule has 0 spiro atoms. The van der Waals surface area contributed by atoms with Crippen molar-refractivity contribution in [2.75, 3.05) is 13.2 Å². The molecule has 0 bridgehead atoms. The largest absolute Gasteiger partial charge is 0.494 e. The molecule has 0 saturated heterocycles. The molecule has 0 aromatic heterocycles. The van der Waals surface area contributed by atoms with Crippen LogP contribution in [0.5, 0.6) is 11.5 Å². The Labute approximate surface area is 223 Å². The van der Waals surface area contributed by atoms with Crippen LogP contribution in [0.4, 0.5) is 8.78 Å². The molecule has 0 N–H and O–H groups in total. The van der Waals surface area contributed by atoms with Crippen LogP contribution in [-0.2, 0) is 0 Å². The predicted octanol–water partition coefficient (Wildman–Crippen LogP) is 8.97. The lowest BCUT2D eigenvalue weighted by Crippen LogP contribution is -1.99. The van der Waals surface area contributed by atoms with Crippen molar-refractivity contribution in [2.45, 2.75) is 38.5 Å². The summed E-state index contributed by atoms with van der Waals surface area (Å²) >= 11 is 0. The van der Waals surface area contributed by atoms with E-state index < -0.39 is 0 Å². The molecule has 0 amide bonds. The van der Waals surface area contributed by atoms with E-state index in [-0.39, 0.29) is 11.6 Å². The van der Waals surface area contributed by atoms with Gasteiger partial charge in [-0.05, 0) is 78.1 Å². The lowest BCUT2D eigenvalue weighted by Gasteiger charge is -2.09.